The number of halogens is 2. The van der Waals surface area contributed by atoms with Gasteiger partial charge in [-0.2, -0.15) is 0 Å². The molecular weight excluding hydrogens is 351 g/mol. The summed E-state index contributed by atoms with van der Waals surface area (Å²) in [6.45, 7) is 2.92. The maximum absolute atomic E-state index is 13.8. The van der Waals surface area contributed by atoms with Crippen LogP contribution >= 0.6 is 11.6 Å². The largest absolute Gasteiger partial charge is 0.465 e. The number of rotatable bonds is 5. The van der Waals surface area contributed by atoms with E-state index in [-0.39, 0.29) is 39.9 Å². The lowest BCUT2D eigenvalue weighted by Crippen LogP contribution is -2.17. The second-order valence-corrected chi connectivity index (χ2v) is 5.81. The number of Topliss-reactive ketones (excluding diaryl/α,β-unsaturated/α-hetero) is 1. The van der Waals surface area contributed by atoms with Crippen LogP contribution in [0.5, 0.6) is 0 Å². The number of methoxy groups -OCH3 is 1. The molecule has 0 aliphatic carbocycles. The molecule has 1 aromatic heterocycles. The van der Waals surface area contributed by atoms with E-state index in [0.717, 1.165) is 6.07 Å². The van der Waals surface area contributed by atoms with Crippen LogP contribution in [-0.4, -0.2) is 29.8 Å². The summed E-state index contributed by atoms with van der Waals surface area (Å²) < 4.78 is 18.5. The summed E-state index contributed by atoms with van der Waals surface area (Å²) in [6.07, 6.45) is -0.263. The molecular formula is C17H16ClFN2O4. The SMILES string of the molecule is COC(=O)c1c(CC(=O)Nc2ccc(Cl)cc2F)[nH]c(C(C)=O)c1C. The lowest BCUT2D eigenvalue weighted by Gasteiger charge is -2.07. The third-order valence-electron chi connectivity index (χ3n) is 3.61. The van der Waals surface area contributed by atoms with Gasteiger partial charge in [0.05, 0.1) is 30.5 Å². The number of nitrogens with one attached hydrogen (secondary N) is 2. The number of esters is 1. The lowest BCUT2D eigenvalue weighted by molar-refractivity contribution is -0.115. The monoisotopic (exact) mass is 366 g/mol. The summed E-state index contributed by atoms with van der Waals surface area (Å²) in [7, 11) is 1.20. The first-order valence-electron chi connectivity index (χ1n) is 7.30. The van der Waals surface area contributed by atoms with Crippen LogP contribution in [0.1, 0.15) is 39.0 Å². The molecule has 25 heavy (non-hydrogen) atoms. The zero-order valence-electron chi connectivity index (χ0n) is 13.8. The quantitative estimate of drug-likeness (QED) is 0.627. The van der Waals surface area contributed by atoms with Crippen molar-refractivity contribution < 1.29 is 23.5 Å². The minimum atomic E-state index is -0.680. The van der Waals surface area contributed by atoms with Crippen molar-refractivity contribution in [3.63, 3.8) is 0 Å². The van der Waals surface area contributed by atoms with E-state index in [1.165, 1.54) is 26.2 Å². The number of hydrogen-bond acceptors (Lipinski definition) is 4. The van der Waals surface area contributed by atoms with Gasteiger partial charge in [0.1, 0.15) is 5.82 Å². The summed E-state index contributed by atoms with van der Waals surface area (Å²) in [5, 5.41) is 2.60. The third kappa shape index (κ3) is 4.06. The number of anilines is 1. The zero-order valence-corrected chi connectivity index (χ0v) is 14.6. The lowest BCUT2D eigenvalue weighted by atomic mass is 10.1. The Balaban J connectivity index is 2.29. The molecule has 2 N–H and O–H groups in total. The van der Waals surface area contributed by atoms with Crippen molar-refractivity contribution in [2.75, 3.05) is 12.4 Å². The van der Waals surface area contributed by atoms with Crippen LogP contribution in [0.2, 0.25) is 5.02 Å². The fourth-order valence-electron chi connectivity index (χ4n) is 2.47. The molecule has 0 radical (unpaired) electrons. The predicted molar refractivity (Wildman–Crippen MR) is 90.6 cm³/mol. The molecule has 0 aliphatic rings. The van der Waals surface area contributed by atoms with Crippen molar-refractivity contribution in [3.05, 3.63) is 51.6 Å². The molecule has 0 fully saturated rings. The minimum absolute atomic E-state index is 0.0379. The first-order valence-corrected chi connectivity index (χ1v) is 7.68. The van der Waals surface area contributed by atoms with Gasteiger partial charge in [0, 0.05) is 17.6 Å². The number of H-pyrrole nitrogens is 1. The second kappa shape index (κ2) is 7.48. The first kappa shape index (κ1) is 18.7. The maximum Gasteiger partial charge on any atom is 0.339 e. The summed E-state index contributed by atoms with van der Waals surface area (Å²) in [5.74, 6) is -2.19. The van der Waals surface area contributed by atoms with Crippen molar-refractivity contribution in [2.45, 2.75) is 20.3 Å². The Morgan fingerprint density at radius 1 is 1.32 bits per heavy atom. The molecule has 0 saturated heterocycles. The van der Waals surface area contributed by atoms with Crippen molar-refractivity contribution in [2.24, 2.45) is 0 Å². The molecule has 0 unspecified atom stereocenters. The Labute approximate surface area is 148 Å². The highest BCUT2D eigenvalue weighted by Gasteiger charge is 2.24. The Bertz CT molecular complexity index is 861. The molecule has 0 saturated carbocycles. The highest BCUT2D eigenvalue weighted by Crippen LogP contribution is 2.22. The zero-order chi connectivity index (χ0) is 18.7. The fourth-order valence-corrected chi connectivity index (χ4v) is 2.63. The van der Waals surface area contributed by atoms with Crippen LogP contribution in [0.3, 0.4) is 0 Å². The molecule has 1 heterocycles. The second-order valence-electron chi connectivity index (χ2n) is 5.38. The van der Waals surface area contributed by atoms with Gasteiger partial charge in [0.2, 0.25) is 5.91 Å². The number of amides is 1. The van der Waals surface area contributed by atoms with Gasteiger partial charge in [-0.15, -0.1) is 0 Å². The molecule has 0 bridgehead atoms. The van der Waals surface area contributed by atoms with E-state index in [4.69, 9.17) is 16.3 Å². The highest BCUT2D eigenvalue weighted by molar-refractivity contribution is 6.30. The van der Waals surface area contributed by atoms with Crippen molar-refractivity contribution in [1.29, 1.82) is 0 Å². The number of benzene rings is 1. The van der Waals surface area contributed by atoms with Gasteiger partial charge in [-0.3, -0.25) is 9.59 Å². The standard InChI is InChI=1S/C17H16ClFN2O4/c1-8-15(17(24)25-3)13(21-16(8)9(2)22)7-14(23)20-12-5-4-10(18)6-11(12)19/h4-6,21H,7H2,1-3H3,(H,20,23). The Hall–Kier alpha value is -2.67. The Morgan fingerprint density at radius 3 is 2.56 bits per heavy atom. The topological polar surface area (TPSA) is 88.3 Å². The molecule has 0 aliphatic heterocycles. The third-order valence-corrected chi connectivity index (χ3v) is 3.85. The Kier molecular flexibility index (Phi) is 5.58. The average molecular weight is 367 g/mol. The van der Waals surface area contributed by atoms with Gasteiger partial charge in [-0.25, -0.2) is 9.18 Å². The van der Waals surface area contributed by atoms with E-state index in [2.05, 4.69) is 10.3 Å². The van der Waals surface area contributed by atoms with Gasteiger partial charge in [-0.05, 0) is 30.7 Å². The van der Waals surface area contributed by atoms with Gasteiger partial charge in [0.25, 0.3) is 0 Å². The highest BCUT2D eigenvalue weighted by atomic mass is 35.5. The average Bonchev–Trinajstić information content (AvgIpc) is 2.86. The first-order chi connectivity index (χ1) is 11.7. The summed E-state index contributed by atoms with van der Waals surface area (Å²) >= 11 is 5.66. The smallest absolute Gasteiger partial charge is 0.339 e. The normalized spacial score (nSPS) is 10.4. The van der Waals surface area contributed by atoms with Crippen LogP contribution < -0.4 is 5.32 Å². The molecule has 0 spiro atoms. The van der Waals surface area contributed by atoms with Crippen LogP contribution in [0.15, 0.2) is 18.2 Å². The number of carbonyl (C=O) groups is 3. The minimum Gasteiger partial charge on any atom is -0.465 e. The van der Waals surface area contributed by atoms with Crippen LogP contribution in [0.4, 0.5) is 10.1 Å². The number of carbonyl (C=O) groups excluding carboxylic acids is 3. The van der Waals surface area contributed by atoms with Gasteiger partial charge in [0.15, 0.2) is 5.78 Å². The van der Waals surface area contributed by atoms with Gasteiger partial charge < -0.3 is 15.0 Å². The van der Waals surface area contributed by atoms with E-state index in [1.54, 1.807) is 6.92 Å². The molecule has 2 aromatic rings. The number of ether oxygens (including phenoxy) is 1. The van der Waals surface area contributed by atoms with Crippen molar-refractivity contribution >= 4 is 34.9 Å². The summed E-state index contributed by atoms with van der Waals surface area (Å²) in [4.78, 5) is 38.6. The van der Waals surface area contributed by atoms with E-state index >= 15 is 0 Å². The van der Waals surface area contributed by atoms with Crippen molar-refractivity contribution in [3.8, 4) is 0 Å². The molecule has 2 rings (SSSR count). The van der Waals surface area contributed by atoms with E-state index in [9.17, 15) is 18.8 Å². The van der Waals surface area contributed by atoms with Gasteiger partial charge >= 0.3 is 5.97 Å². The predicted octanol–water partition coefficient (Wildman–Crippen LogP) is 3.29. The summed E-state index contributed by atoms with van der Waals surface area (Å²) in [6, 6.07) is 3.84. The molecule has 1 amide bonds. The van der Waals surface area contributed by atoms with E-state index in [0.29, 0.717) is 5.56 Å². The molecule has 132 valence electrons. The number of aromatic nitrogens is 1. The molecule has 8 heteroatoms. The number of ketones is 1. The summed E-state index contributed by atoms with van der Waals surface area (Å²) in [5.41, 5.74) is 0.936. The van der Waals surface area contributed by atoms with Gasteiger partial charge in [-0.1, -0.05) is 11.6 Å². The van der Waals surface area contributed by atoms with Crippen molar-refractivity contribution in [1.82, 2.24) is 4.98 Å². The van der Waals surface area contributed by atoms with E-state index in [1.807, 2.05) is 0 Å². The molecule has 0 atom stereocenters. The van der Waals surface area contributed by atoms with Crippen LogP contribution in [0, 0.1) is 12.7 Å². The number of aromatic amines is 1. The molecule has 1 aromatic carbocycles. The maximum atomic E-state index is 13.8. The van der Waals surface area contributed by atoms with E-state index < -0.39 is 17.7 Å². The Morgan fingerprint density at radius 2 is 2.00 bits per heavy atom. The van der Waals surface area contributed by atoms with Crippen LogP contribution in [-0.2, 0) is 16.0 Å². The fraction of sp³-hybridized carbons (Fsp3) is 0.235. The number of hydrogen-bond donors (Lipinski definition) is 2. The molecule has 6 nitrogen and oxygen atoms in total. The van der Waals surface area contributed by atoms with Crippen LogP contribution in [0.25, 0.3) is 0 Å².